The second-order valence-corrected chi connectivity index (χ2v) is 5.77. The lowest BCUT2D eigenvalue weighted by Gasteiger charge is -2.33. The normalized spacial score (nSPS) is 19.5. The third-order valence-corrected chi connectivity index (χ3v) is 3.97. The molecule has 21 heavy (non-hydrogen) atoms. The van der Waals surface area contributed by atoms with Crippen LogP contribution in [0.4, 0.5) is 5.95 Å². The highest BCUT2D eigenvalue weighted by atomic mass is 16.5. The van der Waals surface area contributed by atoms with Gasteiger partial charge in [0.05, 0.1) is 6.61 Å². The van der Waals surface area contributed by atoms with Crippen LogP contribution in [0.2, 0.25) is 0 Å². The summed E-state index contributed by atoms with van der Waals surface area (Å²) in [5, 5.41) is 3.31. The van der Waals surface area contributed by atoms with Crippen molar-refractivity contribution in [3.05, 3.63) is 11.8 Å². The van der Waals surface area contributed by atoms with E-state index in [9.17, 15) is 0 Å². The van der Waals surface area contributed by atoms with Crippen LogP contribution in [0.25, 0.3) is 0 Å². The molecule has 1 aromatic rings. The second-order valence-electron chi connectivity index (χ2n) is 5.77. The van der Waals surface area contributed by atoms with E-state index in [2.05, 4.69) is 27.1 Å². The zero-order valence-electron chi connectivity index (χ0n) is 13.6. The third kappa shape index (κ3) is 5.16. The molecular formula is C16H28N4O. The standard InChI is InChI=1S/C16H28N4O/c1-4-21-15-12-13(2)18-16(19-15)17-9-7-11-20-10-6-5-8-14(20)3/h12,14H,4-11H2,1-3H3,(H,17,18,19). The first-order chi connectivity index (χ1) is 10.2. The molecule has 1 fully saturated rings. The highest BCUT2D eigenvalue weighted by Crippen LogP contribution is 2.16. The Bertz CT molecular complexity index is 438. The molecule has 1 aliphatic heterocycles. The monoisotopic (exact) mass is 292 g/mol. The fourth-order valence-corrected chi connectivity index (χ4v) is 2.81. The van der Waals surface area contributed by atoms with Crippen molar-refractivity contribution in [3.63, 3.8) is 0 Å². The number of nitrogens with zero attached hydrogens (tertiary/aromatic N) is 3. The van der Waals surface area contributed by atoms with Gasteiger partial charge in [-0.1, -0.05) is 6.42 Å². The first-order valence-electron chi connectivity index (χ1n) is 8.15. The zero-order chi connectivity index (χ0) is 15.1. The fourth-order valence-electron chi connectivity index (χ4n) is 2.81. The van der Waals surface area contributed by atoms with Crippen LogP contribution in [0.5, 0.6) is 5.88 Å². The first kappa shape index (κ1) is 16.0. The van der Waals surface area contributed by atoms with Crippen molar-refractivity contribution in [1.82, 2.24) is 14.9 Å². The summed E-state index contributed by atoms with van der Waals surface area (Å²) in [4.78, 5) is 11.4. The summed E-state index contributed by atoms with van der Waals surface area (Å²) in [5.74, 6) is 1.32. The van der Waals surface area contributed by atoms with Crippen LogP contribution in [-0.2, 0) is 0 Å². The summed E-state index contributed by atoms with van der Waals surface area (Å²) >= 11 is 0. The molecule has 0 bridgehead atoms. The van der Waals surface area contributed by atoms with Crippen LogP contribution in [0.15, 0.2) is 6.07 Å². The molecule has 1 atom stereocenters. The lowest BCUT2D eigenvalue weighted by Crippen LogP contribution is -2.38. The first-order valence-corrected chi connectivity index (χ1v) is 8.15. The summed E-state index contributed by atoms with van der Waals surface area (Å²) in [6.07, 6.45) is 5.18. The fraction of sp³-hybridized carbons (Fsp3) is 0.750. The minimum atomic E-state index is 0.628. The molecule has 1 saturated heterocycles. The van der Waals surface area contributed by atoms with Crippen LogP contribution in [0.3, 0.4) is 0 Å². The zero-order valence-corrected chi connectivity index (χ0v) is 13.6. The van der Waals surface area contributed by atoms with Crippen molar-refractivity contribution in [2.45, 2.75) is 52.5 Å². The second kappa shape index (κ2) is 8.17. The summed E-state index contributed by atoms with van der Waals surface area (Å²) in [6.45, 7) is 10.2. The Morgan fingerprint density at radius 2 is 2.24 bits per heavy atom. The Morgan fingerprint density at radius 1 is 1.38 bits per heavy atom. The van der Waals surface area contributed by atoms with Crippen molar-refractivity contribution >= 4 is 5.95 Å². The maximum absolute atomic E-state index is 5.44. The Balaban J connectivity index is 1.75. The number of hydrogen-bond donors (Lipinski definition) is 1. The van der Waals surface area contributed by atoms with E-state index in [0.29, 0.717) is 18.4 Å². The van der Waals surface area contributed by atoms with Gasteiger partial charge in [-0.25, -0.2) is 4.98 Å². The molecule has 0 radical (unpaired) electrons. The van der Waals surface area contributed by atoms with E-state index < -0.39 is 0 Å². The van der Waals surface area contributed by atoms with Gasteiger partial charge in [0, 0.05) is 30.9 Å². The van der Waals surface area contributed by atoms with Gasteiger partial charge in [0.25, 0.3) is 0 Å². The van der Waals surface area contributed by atoms with E-state index in [-0.39, 0.29) is 0 Å². The third-order valence-electron chi connectivity index (χ3n) is 3.97. The molecule has 1 aromatic heterocycles. The Hall–Kier alpha value is -1.36. The molecule has 118 valence electrons. The van der Waals surface area contributed by atoms with E-state index in [0.717, 1.165) is 31.2 Å². The Kier molecular flexibility index (Phi) is 6.23. The maximum atomic E-state index is 5.44. The highest BCUT2D eigenvalue weighted by molar-refractivity contribution is 5.30. The summed E-state index contributed by atoms with van der Waals surface area (Å²) in [7, 11) is 0. The van der Waals surface area contributed by atoms with Gasteiger partial charge in [0.1, 0.15) is 0 Å². The number of nitrogens with one attached hydrogen (secondary N) is 1. The van der Waals surface area contributed by atoms with E-state index in [4.69, 9.17) is 4.74 Å². The Labute approximate surface area is 128 Å². The van der Waals surface area contributed by atoms with Crippen molar-refractivity contribution in [2.24, 2.45) is 0 Å². The van der Waals surface area contributed by atoms with Crippen LogP contribution in [0, 0.1) is 6.92 Å². The van der Waals surface area contributed by atoms with Gasteiger partial charge in [0.15, 0.2) is 0 Å². The summed E-state index contributed by atoms with van der Waals surface area (Å²) < 4.78 is 5.44. The topological polar surface area (TPSA) is 50.3 Å². The molecule has 1 N–H and O–H groups in total. The van der Waals surface area contributed by atoms with E-state index in [1.54, 1.807) is 0 Å². The molecule has 1 unspecified atom stereocenters. The van der Waals surface area contributed by atoms with Crippen LogP contribution >= 0.6 is 0 Å². The number of aryl methyl sites for hydroxylation is 1. The Morgan fingerprint density at radius 3 is 3.00 bits per heavy atom. The van der Waals surface area contributed by atoms with Crippen LogP contribution in [-0.4, -0.2) is 47.2 Å². The van der Waals surface area contributed by atoms with Gasteiger partial charge in [-0.3, -0.25) is 0 Å². The van der Waals surface area contributed by atoms with Gasteiger partial charge >= 0.3 is 0 Å². The number of anilines is 1. The van der Waals surface area contributed by atoms with Crippen molar-refractivity contribution in [3.8, 4) is 5.88 Å². The lowest BCUT2D eigenvalue weighted by molar-refractivity contribution is 0.160. The number of aromatic nitrogens is 2. The summed E-state index contributed by atoms with van der Waals surface area (Å²) in [6, 6.07) is 2.60. The lowest BCUT2D eigenvalue weighted by atomic mass is 10.0. The minimum absolute atomic E-state index is 0.628. The highest BCUT2D eigenvalue weighted by Gasteiger charge is 2.17. The van der Waals surface area contributed by atoms with Crippen molar-refractivity contribution in [1.29, 1.82) is 0 Å². The van der Waals surface area contributed by atoms with E-state index in [1.165, 1.54) is 25.8 Å². The van der Waals surface area contributed by atoms with Gasteiger partial charge in [-0.05, 0) is 46.6 Å². The van der Waals surface area contributed by atoms with Crippen LogP contribution in [0.1, 0.15) is 45.2 Å². The average Bonchev–Trinajstić information content (AvgIpc) is 2.45. The smallest absolute Gasteiger partial charge is 0.226 e. The number of ether oxygens (including phenoxy) is 1. The van der Waals surface area contributed by atoms with Gasteiger partial charge in [-0.15, -0.1) is 0 Å². The predicted molar refractivity (Wildman–Crippen MR) is 85.9 cm³/mol. The van der Waals surface area contributed by atoms with Crippen LogP contribution < -0.4 is 10.1 Å². The molecule has 5 heteroatoms. The molecule has 0 aromatic carbocycles. The molecule has 0 amide bonds. The maximum Gasteiger partial charge on any atom is 0.226 e. The molecule has 1 aliphatic rings. The molecule has 0 aliphatic carbocycles. The number of piperidine rings is 1. The molecule has 2 heterocycles. The van der Waals surface area contributed by atoms with Crippen molar-refractivity contribution < 1.29 is 4.74 Å². The van der Waals surface area contributed by atoms with E-state index >= 15 is 0 Å². The number of hydrogen-bond acceptors (Lipinski definition) is 5. The van der Waals surface area contributed by atoms with Crippen molar-refractivity contribution in [2.75, 3.05) is 31.6 Å². The van der Waals surface area contributed by atoms with Gasteiger partial charge < -0.3 is 15.0 Å². The molecule has 0 saturated carbocycles. The van der Waals surface area contributed by atoms with Gasteiger partial charge in [0.2, 0.25) is 11.8 Å². The van der Waals surface area contributed by atoms with Gasteiger partial charge in [-0.2, -0.15) is 4.98 Å². The quantitative estimate of drug-likeness (QED) is 0.783. The molecular weight excluding hydrogens is 264 g/mol. The molecule has 2 rings (SSSR count). The number of rotatable bonds is 7. The average molecular weight is 292 g/mol. The SMILES string of the molecule is CCOc1cc(C)nc(NCCCN2CCCCC2C)n1. The molecule has 5 nitrogen and oxygen atoms in total. The number of likely N-dealkylation sites (tertiary alicyclic amines) is 1. The predicted octanol–water partition coefficient (Wildman–Crippen LogP) is 2.86. The summed E-state index contributed by atoms with van der Waals surface area (Å²) in [5.41, 5.74) is 0.931. The minimum Gasteiger partial charge on any atom is -0.478 e. The largest absolute Gasteiger partial charge is 0.478 e. The molecule has 0 spiro atoms. The van der Waals surface area contributed by atoms with E-state index in [1.807, 2.05) is 19.9 Å².